The SMILES string of the molecule is CC(C)CCNC(=O)COC(=O)[C@@H]1CS[C@]2(c3ccccc3)CCC(=O)N12. The minimum Gasteiger partial charge on any atom is -0.454 e. The predicted molar refractivity (Wildman–Crippen MR) is 104 cm³/mol. The summed E-state index contributed by atoms with van der Waals surface area (Å²) in [5.74, 6) is 0.128. The Bertz CT molecular complexity index is 709. The van der Waals surface area contributed by atoms with Gasteiger partial charge in [0.25, 0.3) is 5.91 Å². The van der Waals surface area contributed by atoms with Crippen molar-refractivity contribution in [3.05, 3.63) is 35.9 Å². The fraction of sp³-hybridized carbons (Fsp3) is 0.550. The van der Waals surface area contributed by atoms with Crippen LogP contribution in [0.2, 0.25) is 0 Å². The molecule has 3 rings (SSSR count). The summed E-state index contributed by atoms with van der Waals surface area (Å²) in [6, 6.07) is 9.17. The molecule has 0 saturated carbocycles. The fourth-order valence-corrected chi connectivity index (χ4v) is 5.24. The molecule has 2 saturated heterocycles. The van der Waals surface area contributed by atoms with E-state index in [0.717, 1.165) is 12.0 Å². The van der Waals surface area contributed by atoms with E-state index in [0.29, 0.717) is 31.1 Å². The molecule has 0 unspecified atom stereocenters. The normalized spacial score (nSPS) is 24.2. The van der Waals surface area contributed by atoms with Crippen molar-refractivity contribution in [3.63, 3.8) is 0 Å². The van der Waals surface area contributed by atoms with Gasteiger partial charge in [0, 0.05) is 18.7 Å². The van der Waals surface area contributed by atoms with E-state index < -0.39 is 16.9 Å². The van der Waals surface area contributed by atoms with E-state index in [9.17, 15) is 14.4 Å². The number of benzene rings is 1. The van der Waals surface area contributed by atoms with Crippen molar-refractivity contribution in [3.8, 4) is 0 Å². The molecular formula is C20H26N2O4S. The molecule has 2 atom stereocenters. The lowest BCUT2D eigenvalue weighted by Crippen LogP contribution is -2.47. The van der Waals surface area contributed by atoms with E-state index in [1.807, 2.05) is 30.3 Å². The summed E-state index contributed by atoms with van der Waals surface area (Å²) >= 11 is 1.61. The van der Waals surface area contributed by atoms with Gasteiger partial charge in [0.15, 0.2) is 6.61 Å². The maximum atomic E-state index is 12.6. The van der Waals surface area contributed by atoms with Gasteiger partial charge in [0.2, 0.25) is 5.91 Å². The highest BCUT2D eigenvalue weighted by atomic mass is 32.2. The predicted octanol–water partition coefficient (Wildman–Crippen LogP) is 2.28. The highest BCUT2D eigenvalue weighted by Gasteiger charge is 2.57. The Morgan fingerprint density at radius 2 is 2.07 bits per heavy atom. The van der Waals surface area contributed by atoms with Crippen LogP contribution in [0.5, 0.6) is 0 Å². The van der Waals surface area contributed by atoms with Crippen LogP contribution < -0.4 is 5.32 Å². The molecule has 2 fully saturated rings. The second-order valence-corrected chi connectivity index (χ2v) is 8.68. The van der Waals surface area contributed by atoms with E-state index >= 15 is 0 Å². The van der Waals surface area contributed by atoms with Gasteiger partial charge in [0.1, 0.15) is 10.9 Å². The smallest absolute Gasteiger partial charge is 0.330 e. The van der Waals surface area contributed by atoms with Crippen molar-refractivity contribution in [1.29, 1.82) is 0 Å². The number of carbonyl (C=O) groups excluding carboxylic acids is 3. The first-order valence-electron chi connectivity index (χ1n) is 9.39. The number of fused-ring (bicyclic) bond motifs is 1. The molecule has 6 nitrogen and oxygen atoms in total. The number of thioether (sulfide) groups is 1. The van der Waals surface area contributed by atoms with Crippen LogP contribution >= 0.6 is 11.8 Å². The Balaban J connectivity index is 1.61. The number of ether oxygens (including phenoxy) is 1. The van der Waals surface area contributed by atoms with Crippen molar-refractivity contribution in [2.45, 2.75) is 44.0 Å². The Morgan fingerprint density at radius 1 is 1.33 bits per heavy atom. The van der Waals surface area contributed by atoms with Crippen molar-refractivity contribution in [1.82, 2.24) is 10.2 Å². The second kappa shape index (κ2) is 8.33. The van der Waals surface area contributed by atoms with Gasteiger partial charge in [-0.1, -0.05) is 44.2 Å². The largest absolute Gasteiger partial charge is 0.454 e. The Morgan fingerprint density at radius 3 is 2.78 bits per heavy atom. The molecule has 0 bridgehead atoms. The lowest BCUT2D eigenvalue weighted by atomic mass is 10.0. The zero-order chi connectivity index (χ0) is 19.4. The topological polar surface area (TPSA) is 75.7 Å². The minimum atomic E-state index is -0.645. The molecule has 0 aliphatic carbocycles. The van der Waals surface area contributed by atoms with Gasteiger partial charge >= 0.3 is 5.97 Å². The van der Waals surface area contributed by atoms with Crippen molar-refractivity contribution in [2.24, 2.45) is 5.92 Å². The lowest BCUT2D eigenvalue weighted by molar-refractivity contribution is -0.156. The fourth-order valence-electron chi connectivity index (χ4n) is 3.60. The first kappa shape index (κ1) is 19.7. The molecule has 146 valence electrons. The maximum absolute atomic E-state index is 12.6. The lowest BCUT2D eigenvalue weighted by Gasteiger charge is -2.33. The van der Waals surface area contributed by atoms with Gasteiger partial charge in [-0.3, -0.25) is 9.59 Å². The summed E-state index contributed by atoms with van der Waals surface area (Å²) < 4.78 is 5.22. The minimum absolute atomic E-state index is 0.0350. The first-order valence-corrected chi connectivity index (χ1v) is 10.4. The van der Waals surface area contributed by atoms with Crippen LogP contribution in [0.4, 0.5) is 0 Å². The van der Waals surface area contributed by atoms with Gasteiger partial charge in [-0.25, -0.2) is 4.79 Å². The van der Waals surface area contributed by atoms with Crippen molar-refractivity contribution < 1.29 is 19.1 Å². The quantitative estimate of drug-likeness (QED) is 0.723. The van der Waals surface area contributed by atoms with Crippen LogP contribution in [0.15, 0.2) is 30.3 Å². The molecule has 0 spiro atoms. The van der Waals surface area contributed by atoms with E-state index in [-0.39, 0.29) is 18.4 Å². The van der Waals surface area contributed by atoms with E-state index in [2.05, 4.69) is 19.2 Å². The highest BCUT2D eigenvalue weighted by Crippen LogP contribution is 2.54. The van der Waals surface area contributed by atoms with Crippen LogP contribution in [0.1, 0.15) is 38.7 Å². The number of hydrogen-bond acceptors (Lipinski definition) is 5. The van der Waals surface area contributed by atoms with E-state index in [1.54, 1.807) is 16.7 Å². The van der Waals surface area contributed by atoms with Crippen LogP contribution in [-0.4, -0.2) is 47.6 Å². The molecule has 2 aliphatic rings. The maximum Gasteiger partial charge on any atom is 0.330 e. The zero-order valence-electron chi connectivity index (χ0n) is 15.8. The molecule has 27 heavy (non-hydrogen) atoms. The third-order valence-corrected chi connectivity index (χ3v) is 6.61. The second-order valence-electron chi connectivity index (χ2n) is 7.38. The third kappa shape index (κ3) is 4.13. The average Bonchev–Trinajstić information content (AvgIpc) is 3.20. The molecule has 0 aromatic heterocycles. The molecule has 1 N–H and O–H groups in total. The summed E-state index contributed by atoms with van der Waals surface area (Å²) in [6.07, 6.45) is 1.97. The van der Waals surface area contributed by atoms with E-state index in [1.165, 1.54) is 0 Å². The number of nitrogens with zero attached hydrogens (tertiary/aromatic N) is 1. The highest BCUT2D eigenvalue weighted by molar-refractivity contribution is 8.00. The van der Waals surface area contributed by atoms with Gasteiger partial charge in [-0.2, -0.15) is 0 Å². The monoisotopic (exact) mass is 390 g/mol. The molecule has 1 aromatic rings. The van der Waals surface area contributed by atoms with Gasteiger partial charge in [-0.05, 0) is 24.3 Å². The van der Waals surface area contributed by atoms with Gasteiger partial charge in [-0.15, -0.1) is 11.8 Å². The van der Waals surface area contributed by atoms with Gasteiger partial charge < -0.3 is 15.0 Å². The van der Waals surface area contributed by atoms with Crippen LogP contribution in [-0.2, 0) is 24.0 Å². The van der Waals surface area contributed by atoms with Gasteiger partial charge in [0.05, 0.1) is 0 Å². The number of nitrogens with one attached hydrogen (secondary N) is 1. The number of esters is 1. The first-order chi connectivity index (χ1) is 12.9. The average molecular weight is 391 g/mol. The number of rotatable bonds is 7. The molecule has 0 radical (unpaired) electrons. The summed E-state index contributed by atoms with van der Waals surface area (Å²) in [4.78, 5) is 38.1. The Hall–Kier alpha value is -2.02. The van der Waals surface area contributed by atoms with Crippen LogP contribution in [0.25, 0.3) is 0 Å². The third-order valence-electron chi connectivity index (χ3n) is 5.01. The Labute approximate surface area is 164 Å². The summed E-state index contributed by atoms with van der Waals surface area (Å²) in [5.41, 5.74) is 1.03. The van der Waals surface area contributed by atoms with Crippen LogP contribution in [0, 0.1) is 5.92 Å². The van der Waals surface area contributed by atoms with Crippen molar-refractivity contribution in [2.75, 3.05) is 18.9 Å². The molecule has 2 aliphatic heterocycles. The van der Waals surface area contributed by atoms with E-state index in [4.69, 9.17) is 4.74 Å². The number of carbonyl (C=O) groups is 3. The van der Waals surface area contributed by atoms with Crippen LogP contribution in [0.3, 0.4) is 0 Å². The summed E-state index contributed by atoms with van der Waals surface area (Å²) in [6.45, 7) is 4.42. The summed E-state index contributed by atoms with van der Waals surface area (Å²) in [5, 5.41) is 2.75. The summed E-state index contributed by atoms with van der Waals surface area (Å²) in [7, 11) is 0. The standard InChI is InChI=1S/C20H26N2O4S/c1-14(2)9-11-21-17(23)12-26-19(25)16-13-27-20(10-8-18(24)22(16)20)15-6-4-3-5-7-15/h3-7,14,16H,8-13H2,1-2H3,(H,21,23)/t16-,20-/m0/s1. The zero-order valence-corrected chi connectivity index (χ0v) is 16.6. The number of hydrogen-bond donors (Lipinski definition) is 1. The molecule has 7 heteroatoms. The molecule has 2 heterocycles. The Kier molecular flexibility index (Phi) is 6.09. The number of amides is 2. The molecular weight excluding hydrogens is 364 g/mol. The molecule has 2 amide bonds. The molecule has 1 aromatic carbocycles. The van der Waals surface area contributed by atoms with Crippen molar-refractivity contribution >= 4 is 29.5 Å².